The lowest BCUT2D eigenvalue weighted by Crippen LogP contribution is -2.41. The van der Waals surface area contributed by atoms with E-state index in [4.69, 9.17) is 9.47 Å². The fourth-order valence-electron chi connectivity index (χ4n) is 4.29. The summed E-state index contributed by atoms with van der Waals surface area (Å²) < 4.78 is 12.2. The van der Waals surface area contributed by atoms with Crippen LogP contribution in [0.3, 0.4) is 0 Å². The third kappa shape index (κ3) is 3.61. The number of ether oxygens (including phenoxy) is 2. The molecule has 2 aromatic carbocycles. The number of para-hydroxylation sites is 1. The Balaban J connectivity index is 1.58. The molecule has 1 unspecified atom stereocenters. The highest BCUT2D eigenvalue weighted by molar-refractivity contribution is 5.84. The summed E-state index contributed by atoms with van der Waals surface area (Å²) in [4.78, 5) is 12.3. The molecule has 0 aromatic heterocycles. The van der Waals surface area contributed by atoms with Gasteiger partial charge in [0, 0.05) is 19.4 Å². The zero-order valence-electron chi connectivity index (χ0n) is 17.6. The lowest BCUT2D eigenvalue weighted by molar-refractivity contribution is -0.146. The highest BCUT2D eigenvalue weighted by Crippen LogP contribution is 2.37. The number of amides is 1. The number of carbonyl (C=O) groups is 1. The van der Waals surface area contributed by atoms with Crippen molar-refractivity contribution in [3.63, 3.8) is 0 Å². The third-order valence-corrected chi connectivity index (χ3v) is 5.86. The van der Waals surface area contributed by atoms with E-state index in [0.29, 0.717) is 5.90 Å². The minimum atomic E-state index is -0.961. The monoisotopic (exact) mass is 392 g/mol. The summed E-state index contributed by atoms with van der Waals surface area (Å²) in [7, 11) is 0. The van der Waals surface area contributed by atoms with E-state index in [2.05, 4.69) is 23.3 Å². The van der Waals surface area contributed by atoms with Crippen molar-refractivity contribution in [2.75, 3.05) is 6.61 Å². The third-order valence-electron chi connectivity index (χ3n) is 5.86. The molecule has 2 aromatic rings. The van der Waals surface area contributed by atoms with E-state index >= 15 is 0 Å². The molecule has 4 rings (SSSR count). The Bertz CT molecular complexity index is 962. The fraction of sp³-hybridized carbons (Fsp3) is 0.417. The van der Waals surface area contributed by atoms with Crippen molar-refractivity contribution in [2.45, 2.75) is 59.1 Å². The Kier molecular flexibility index (Phi) is 5.07. The summed E-state index contributed by atoms with van der Waals surface area (Å²) >= 11 is 0. The number of aryl methyl sites for hydroxylation is 4. The Labute approximate surface area is 172 Å². The van der Waals surface area contributed by atoms with E-state index < -0.39 is 5.72 Å². The predicted molar refractivity (Wildman–Crippen MR) is 113 cm³/mol. The van der Waals surface area contributed by atoms with E-state index in [1.807, 2.05) is 39.0 Å². The first-order chi connectivity index (χ1) is 13.9. The maximum atomic E-state index is 12.3. The van der Waals surface area contributed by atoms with Gasteiger partial charge in [0.2, 0.25) is 17.5 Å². The minimum absolute atomic E-state index is 0.160. The summed E-state index contributed by atoms with van der Waals surface area (Å²) in [6.45, 7) is 7.61. The van der Waals surface area contributed by atoms with Crippen LogP contribution in [0.15, 0.2) is 41.5 Å². The smallest absolute Gasteiger partial charge is 0.247 e. The van der Waals surface area contributed by atoms with Crippen LogP contribution in [0, 0.1) is 13.8 Å². The summed E-state index contributed by atoms with van der Waals surface area (Å²) in [6.07, 6.45) is 4.64. The summed E-state index contributed by atoms with van der Waals surface area (Å²) in [5, 5.41) is 5.89. The topological polar surface area (TPSA) is 51.1 Å². The molecule has 0 radical (unpaired) electrons. The molecule has 1 heterocycles. The van der Waals surface area contributed by atoms with Gasteiger partial charge in [-0.15, -0.1) is 5.10 Å². The summed E-state index contributed by atoms with van der Waals surface area (Å²) in [5.74, 6) is 1.07. The largest absolute Gasteiger partial charge is 0.483 e. The Morgan fingerprint density at radius 2 is 1.83 bits per heavy atom. The molecule has 0 bridgehead atoms. The molecule has 0 saturated carbocycles. The Hall–Kier alpha value is -2.82. The first-order valence-electron chi connectivity index (χ1n) is 10.3. The van der Waals surface area contributed by atoms with Crippen LogP contribution < -0.4 is 4.74 Å². The van der Waals surface area contributed by atoms with Gasteiger partial charge in [0.15, 0.2) is 6.61 Å². The van der Waals surface area contributed by atoms with Crippen LogP contribution in [0.1, 0.15) is 54.5 Å². The molecule has 1 aliphatic heterocycles. The lowest BCUT2D eigenvalue weighted by Gasteiger charge is -2.32. The molecule has 0 N–H and O–H groups in total. The van der Waals surface area contributed by atoms with E-state index in [1.165, 1.54) is 35.9 Å². The number of hydrogen-bond acceptors (Lipinski definition) is 4. The zero-order chi connectivity index (χ0) is 20.6. The maximum Gasteiger partial charge on any atom is 0.247 e. The van der Waals surface area contributed by atoms with E-state index in [-0.39, 0.29) is 12.5 Å². The molecule has 152 valence electrons. The van der Waals surface area contributed by atoms with Crippen LogP contribution in [0.4, 0.5) is 0 Å². The van der Waals surface area contributed by atoms with Gasteiger partial charge in [0.05, 0.1) is 0 Å². The van der Waals surface area contributed by atoms with Crippen molar-refractivity contribution in [1.29, 1.82) is 0 Å². The number of benzene rings is 2. The van der Waals surface area contributed by atoms with Crippen LogP contribution in [0.5, 0.6) is 5.75 Å². The van der Waals surface area contributed by atoms with Crippen molar-refractivity contribution < 1.29 is 14.3 Å². The molecule has 5 heteroatoms. The Morgan fingerprint density at radius 3 is 2.52 bits per heavy atom. The standard InChI is InChI=1S/C24H28N2O3/c1-16-8-7-9-17(2)23(16)28-15-22-25-26(18(3)27)24(4,29-22)21-13-12-19-10-5-6-11-20(19)14-21/h7-9,12-14H,5-6,10-11,15H2,1-4H3. The van der Waals surface area contributed by atoms with Crippen LogP contribution in [0.2, 0.25) is 0 Å². The number of fused-ring (bicyclic) bond motifs is 1. The second-order valence-corrected chi connectivity index (χ2v) is 8.11. The fourth-order valence-corrected chi connectivity index (χ4v) is 4.29. The highest BCUT2D eigenvalue weighted by atomic mass is 16.6. The molecule has 0 spiro atoms. The van der Waals surface area contributed by atoms with Gasteiger partial charge in [0.25, 0.3) is 0 Å². The quantitative estimate of drug-likeness (QED) is 0.762. The number of hydrazone groups is 1. The number of rotatable bonds is 4. The average Bonchev–Trinajstić information content (AvgIpc) is 3.05. The van der Waals surface area contributed by atoms with Crippen LogP contribution in [-0.4, -0.2) is 23.4 Å². The van der Waals surface area contributed by atoms with Crippen molar-refractivity contribution in [1.82, 2.24) is 5.01 Å². The minimum Gasteiger partial charge on any atom is -0.483 e. The zero-order valence-corrected chi connectivity index (χ0v) is 17.6. The second kappa shape index (κ2) is 7.54. The SMILES string of the molecule is CC(=O)N1N=C(COc2c(C)cccc2C)OC1(C)c1ccc2c(c1)CCCC2. The van der Waals surface area contributed by atoms with Crippen LogP contribution >= 0.6 is 0 Å². The molecule has 5 nitrogen and oxygen atoms in total. The number of carbonyl (C=O) groups excluding carboxylic acids is 1. The van der Waals surface area contributed by atoms with Crippen molar-refractivity contribution in [3.8, 4) is 5.75 Å². The van der Waals surface area contributed by atoms with Gasteiger partial charge in [-0.05, 0) is 67.9 Å². The normalized spacial score (nSPS) is 20.7. The van der Waals surface area contributed by atoms with Crippen molar-refractivity contribution in [3.05, 3.63) is 64.2 Å². The second-order valence-electron chi connectivity index (χ2n) is 8.11. The number of nitrogens with zero attached hydrogens (tertiary/aromatic N) is 2. The number of hydrogen-bond donors (Lipinski definition) is 0. The van der Waals surface area contributed by atoms with Crippen LogP contribution in [0.25, 0.3) is 0 Å². The molecular formula is C24H28N2O3. The highest BCUT2D eigenvalue weighted by Gasteiger charge is 2.45. The molecular weight excluding hydrogens is 364 g/mol. The van der Waals surface area contributed by atoms with Gasteiger partial charge in [-0.3, -0.25) is 4.79 Å². The molecule has 2 aliphatic rings. The first kappa shape index (κ1) is 19.5. The van der Waals surface area contributed by atoms with Crippen molar-refractivity contribution in [2.24, 2.45) is 5.10 Å². The van der Waals surface area contributed by atoms with E-state index in [9.17, 15) is 4.79 Å². The average molecular weight is 392 g/mol. The van der Waals surface area contributed by atoms with Crippen LogP contribution in [-0.2, 0) is 28.1 Å². The lowest BCUT2D eigenvalue weighted by atomic mass is 9.88. The first-order valence-corrected chi connectivity index (χ1v) is 10.3. The molecule has 1 aliphatic carbocycles. The van der Waals surface area contributed by atoms with Gasteiger partial charge in [-0.2, -0.15) is 5.01 Å². The molecule has 1 atom stereocenters. The summed E-state index contributed by atoms with van der Waals surface area (Å²) in [5.41, 5.74) is 4.85. The Morgan fingerprint density at radius 1 is 1.14 bits per heavy atom. The molecule has 29 heavy (non-hydrogen) atoms. The molecule has 1 amide bonds. The van der Waals surface area contributed by atoms with Gasteiger partial charge < -0.3 is 9.47 Å². The predicted octanol–water partition coefficient (Wildman–Crippen LogP) is 4.63. The van der Waals surface area contributed by atoms with E-state index in [0.717, 1.165) is 35.3 Å². The molecule has 0 saturated heterocycles. The van der Waals surface area contributed by atoms with E-state index in [1.54, 1.807) is 0 Å². The van der Waals surface area contributed by atoms with Crippen molar-refractivity contribution >= 4 is 11.8 Å². The van der Waals surface area contributed by atoms with Gasteiger partial charge in [-0.25, -0.2) is 0 Å². The van der Waals surface area contributed by atoms with Gasteiger partial charge >= 0.3 is 0 Å². The summed E-state index contributed by atoms with van der Waals surface area (Å²) in [6, 6.07) is 12.4. The van der Waals surface area contributed by atoms with Gasteiger partial charge in [-0.1, -0.05) is 30.3 Å². The van der Waals surface area contributed by atoms with Gasteiger partial charge in [0.1, 0.15) is 5.75 Å². The molecule has 0 fully saturated rings. The maximum absolute atomic E-state index is 12.3.